The van der Waals surface area contributed by atoms with E-state index in [1.807, 2.05) is 20.8 Å². The summed E-state index contributed by atoms with van der Waals surface area (Å²) in [6, 6.07) is 6.92. The van der Waals surface area contributed by atoms with Gasteiger partial charge in [0.15, 0.2) is 5.78 Å². The Morgan fingerprint density at radius 1 is 1.22 bits per heavy atom. The number of nitrogens with one attached hydrogen (secondary N) is 2. The second-order valence-electron chi connectivity index (χ2n) is 5.29. The maximum atomic E-state index is 11.7. The highest BCUT2D eigenvalue weighted by Gasteiger charge is 2.11. The number of rotatable bonds is 4. The molecule has 2 N–H and O–H groups in total. The Kier molecular flexibility index (Phi) is 4.62. The smallest absolute Gasteiger partial charge is 0.238 e. The number of Topliss-reactive ketones (excluding diaryl/α,β-unsaturated/α-hetero) is 1. The highest BCUT2D eigenvalue weighted by Crippen LogP contribution is 2.11. The normalized spacial score (nSPS) is 11.1. The Morgan fingerprint density at radius 3 is 2.44 bits per heavy atom. The van der Waals surface area contributed by atoms with Crippen LogP contribution in [0.4, 0.5) is 5.69 Å². The van der Waals surface area contributed by atoms with Gasteiger partial charge in [0, 0.05) is 16.8 Å². The Balaban J connectivity index is 2.59. The van der Waals surface area contributed by atoms with Crippen LogP contribution in [0.3, 0.4) is 0 Å². The van der Waals surface area contributed by atoms with Crippen LogP contribution in [0.1, 0.15) is 38.1 Å². The van der Waals surface area contributed by atoms with Crippen molar-refractivity contribution in [2.24, 2.45) is 0 Å². The summed E-state index contributed by atoms with van der Waals surface area (Å²) in [4.78, 5) is 22.9. The van der Waals surface area contributed by atoms with Gasteiger partial charge in [0.25, 0.3) is 0 Å². The van der Waals surface area contributed by atoms with E-state index >= 15 is 0 Å². The number of anilines is 1. The van der Waals surface area contributed by atoms with Crippen LogP contribution in [0.5, 0.6) is 0 Å². The van der Waals surface area contributed by atoms with Crippen molar-refractivity contribution in [3.05, 3.63) is 29.8 Å². The minimum Gasteiger partial charge on any atom is -0.325 e. The maximum absolute atomic E-state index is 11.7. The van der Waals surface area contributed by atoms with Gasteiger partial charge in [-0.1, -0.05) is 12.1 Å². The molecule has 4 nitrogen and oxygen atoms in total. The predicted molar refractivity (Wildman–Crippen MR) is 72.8 cm³/mol. The van der Waals surface area contributed by atoms with Crippen LogP contribution in [-0.2, 0) is 4.79 Å². The van der Waals surface area contributed by atoms with Crippen LogP contribution in [0.15, 0.2) is 24.3 Å². The zero-order valence-electron chi connectivity index (χ0n) is 11.3. The van der Waals surface area contributed by atoms with Crippen molar-refractivity contribution in [1.82, 2.24) is 5.32 Å². The molecular formula is C14H20N2O2. The van der Waals surface area contributed by atoms with Crippen molar-refractivity contribution in [1.29, 1.82) is 0 Å². The Morgan fingerprint density at radius 2 is 1.89 bits per heavy atom. The molecule has 98 valence electrons. The molecule has 0 spiro atoms. The van der Waals surface area contributed by atoms with E-state index in [1.165, 1.54) is 6.92 Å². The third-order valence-corrected chi connectivity index (χ3v) is 2.33. The number of hydrogen-bond acceptors (Lipinski definition) is 3. The Labute approximate surface area is 108 Å². The van der Waals surface area contributed by atoms with Gasteiger partial charge >= 0.3 is 0 Å². The third kappa shape index (κ3) is 5.10. The van der Waals surface area contributed by atoms with Gasteiger partial charge in [-0.15, -0.1) is 0 Å². The zero-order valence-corrected chi connectivity index (χ0v) is 11.3. The van der Waals surface area contributed by atoms with E-state index in [9.17, 15) is 9.59 Å². The van der Waals surface area contributed by atoms with E-state index in [1.54, 1.807) is 24.3 Å². The molecule has 0 aliphatic rings. The lowest BCUT2D eigenvalue weighted by atomic mass is 10.1. The maximum Gasteiger partial charge on any atom is 0.238 e. The number of benzene rings is 1. The van der Waals surface area contributed by atoms with Crippen LogP contribution in [0.25, 0.3) is 0 Å². The largest absolute Gasteiger partial charge is 0.325 e. The van der Waals surface area contributed by atoms with Gasteiger partial charge in [0.2, 0.25) is 5.91 Å². The van der Waals surface area contributed by atoms with Crippen molar-refractivity contribution in [2.75, 3.05) is 11.9 Å². The average molecular weight is 248 g/mol. The Hall–Kier alpha value is -1.68. The standard InChI is InChI=1S/C14H20N2O2/c1-10(17)11-6-5-7-12(8-11)16-13(18)9-15-14(2,3)4/h5-8,15H,9H2,1-4H3,(H,16,18). The summed E-state index contributed by atoms with van der Waals surface area (Å²) >= 11 is 0. The lowest BCUT2D eigenvalue weighted by molar-refractivity contribution is -0.115. The topological polar surface area (TPSA) is 58.2 Å². The van der Waals surface area contributed by atoms with Crippen LogP contribution in [0, 0.1) is 0 Å². The molecule has 0 aromatic heterocycles. The first-order chi connectivity index (χ1) is 8.28. The Bertz CT molecular complexity index is 447. The van der Waals surface area contributed by atoms with Crippen LogP contribution in [0.2, 0.25) is 0 Å². The van der Waals surface area contributed by atoms with Crippen molar-refractivity contribution < 1.29 is 9.59 Å². The molecule has 0 fully saturated rings. The molecular weight excluding hydrogens is 228 g/mol. The van der Waals surface area contributed by atoms with Crippen LogP contribution < -0.4 is 10.6 Å². The van der Waals surface area contributed by atoms with Gasteiger partial charge < -0.3 is 10.6 Å². The van der Waals surface area contributed by atoms with E-state index in [4.69, 9.17) is 0 Å². The lowest BCUT2D eigenvalue weighted by Crippen LogP contribution is -2.41. The second-order valence-corrected chi connectivity index (χ2v) is 5.29. The number of hydrogen-bond donors (Lipinski definition) is 2. The minimum absolute atomic E-state index is 0.0149. The van der Waals surface area contributed by atoms with Gasteiger partial charge in [-0.05, 0) is 39.8 Å². The molecule has 1 rings (SSSR count). The van der Waals surface area contributed by atoms with E-state index in [0.717, 1.165) is 0 Å². The van der Waals surface area contributed by atoms with Gasteiger partial charge in [-0.25, -0.2) is 0 Å². The molecule has 4 heteroatoms. The first-order valence-electron chi connectivity index (χ1n) is 5.94. The summed E-state index contributed by atoms with van der Waals surface area (Å²) in [5.41, 5.74) is 1.14. The van der Waals surface area contributed by atoms with Gasteiger partial charge in [-0.3, -0.25) is 9.59 Å². The van der Waals surface area contributed by atoms with E-state index in [0.29, 0.717) is 11.3 Å². The summed E-state index contributed by atoms with van der Waals surface area (Å²) in [5, 5.41) is 5.86. The fourth-order valence-electron chi connectivity index (χ4n) is 1.37. The van der Waals surface area contributed by atoms with Crippen LogP contribution in [-0.4, -0.2) is 23.8 Å². The molecule has 0 heterocycles. The third-order valence-electron chi connectivity index (χ3n) is 2.33. The second kappa shape index (κ2) is 5.78. The van der Waals surface area contributed by atoms with Gasteiger partial charge in [0.1, 0.15) is 0 Å². The highest BCUT2D eigenvalue weighted by molar-refractivity contribution is 5.97. The van der Waals surface area contributed by atoms with Crippen molar-refractivity contribution in [3.8, 4) is 0 Å². The summed E-state index contributed by atoms with van der Waals surface area (Å²) < 4.78 is 0. The molecule has 0 unspecified atom stereocenters. The SMILES string of the molecule is CC(=O)c1cccc(NC(=O)CNC(C)(C)C)c1. The van der Waals surface area contributed by atoms with Crippen molar-refractivity contribution in [2.45, 2.75) is 33.2 Å². The zero-order chi connectivity index (χ0) is 13.8. The van der Waals surface area contributed by atoms with E-state index < -0.39 is 0 Å². The van der Waals surface area contributed by atoms with Crippen molar-refractivity contribution in [3.63, 3.8) is 0 Å². The van der Waals surface area contributed by atoms with Gasteiger partial charge in [-0.2, -0.15) is 0 Å². The fourth-order valence-corrected chi connectivity index (χ4v) is 1.37. The van der Waals surface area contributed by atoms with Crippen LogP contribution >= 0.6 is 0 Å². The van der Waals surface area contributed by atoms with Crippen molar-refractivity contribution >= 4 is 17.4 Å². The quantitative estimate of drug-likeness (QED) is 0.803. The molecule has 0 aliphatic carbocycles. The summed E-state index contributed by atoms with van der Waals surface area (Å²) in [5.74, 6) is -0.135. The number of carbonyl (C=O) groups is 2. The summed E-state index contributed by atoms with van der Waals surface area (Å²) in [7, 11) is 0. The number of amides is 1. The number of ketones is 1. The molecule has 0 bridgehead atoms. The van der Waals surface area contributed by atoms with Gasteiger partial charge in [0.05, 0.1) is 6.54 Å². The lowest BCUT2D eigenvalue weighted by Gasteiger charge is -2.20. The minimum atomic E-state index is -0.120. The molecule has 0 saturated carbocycles. The van der Waals surface area contributed by atoms with E-state index in [2.05, 4.69) is 10.6 Å². The molecule has 0 aliphatic heterocycles. The first kappa shape index (κ1) is 14.4. The monoisotopic (exact) mass is 248 g/mol. The summed E-state index contributed by atoms with van der Waals surface area (Å²) in [6.45, 7) is 7.74. The molecule has 0 saturated heterocycles. The fraction of sp³-hybridized carbons (Fsp3) is 0.429. The molecule has 0 atom stereocenters. The summed E-state index contributed by atoms with van der Waals surface area (Å²) in [6.07, 6.45) is 0. The molecule has 1 aromatic rings. The molecule has 0 radical (unpaired) electrons. The molecule has 1 aromatic carbocycles. The predicted octanol–water partition coefficient (Wildman–Crippen LogP) is 2.22. The van der Waals surface area contributed by atoms with E-state index in [-0.39, 0.29) is 23.8 Å². The molecule has 1 amide bonds. The first-order valence-corrected chi connectivity index (χ1v) is 5.94. The number of carbonyl (C=O) groups excluding carboxylic acids is 2. The highest BCUT2D eigenvalue weighted by atomic mass is 16.2. The molecule has 18 heavy (non-hydrogen) atoms. The average Bonchev–Trinajstić information content (AvgIpc) is 2.26.